The van der Waals surface area contributed by atoms with Gasteiger partial charge in [-0.25, -0.2) is 4.99 Å². The minimum atomic E-state index is -0.163. The first-order valence-corrected chi connectivity index (χ1v) is 5.90. The molecule has 0 saturated heterocycles. The van der Waals surface area contributed by atoms with E-state index in [-0.39, 0.29) is 21.6 Å². The van der Waals surface area contributed by atoms with Crippen LogP contribution in [-0.4, -0.2) is 16.6 Å². The lowest BCUT2D eigenvalue weighted by Gasteiger charge is -2.07. The molecule has 0 bridgehead atoms. The SMILES string of the molecule is CC1=CC(=O)C=CC1=Nc1cc(Cl)c(O)c(Cl)c1. The van der Waals surface area contributed by atoms with E-state index in [9.17, 15) is 9.90 Å². The topological polar surface area (TPSA) is 49.7 Å². The van der Waals surface area contributed by atoms with E-state index in [1.54, 1.807) is 13.0 Å². The van der Waals surface area contributed by atoms with E-state index < -0.39 is 0 Å². The minimum absolute atomic E-state index is 0.0618. The Labute approximate surface area is 114 Å². The summed E-state index contributed by atoms with van der Waals surface area (Å²) >= 11 is 11.6. The smallest absolute Gasteiger partial charge is 0.179 e. The highest BCUT2D eigenvalue weighted by Gasteiger charge is 2.09. The van der Waals surface area contributed by atoms with Crippen molar-refractivity contribution in [2.75, 3.05) is 0 Å². The predicted molar refractivity (Wildman–Crippen MR) is 73.1 cm³/mol. The zero-order valence-corrected chi connectivity index (χ0v) is 11.0. The maximum atomic E-state index is 11.1. The second kappa shape index (κ2) is 4.96. The predicted octanol–water partition coefficient (Wildman–Crippen LogP) is 3.86. The van der Waals surface area contributed by atoms with Crippen LogP contribution in [0, 0.1) is 0 Å². The molecule has 0 amide bonds. The minimum Gasteiger partial charge on any atom is -0.505 e. The third-order valence-corrected chi connectivity index (χ3v) is 3.00. The maximum absolute atomic E-state index is 11.1. The van der Waals surface area contributed by atoms with Gasteiger partial charge in [-0.3, -0.25) is 4.79 Å². The number of hydrogen-bond donors (Lipinski definition) is 1. The Morgan fingerprint density at radius 1 is 1.17 bits per heavy atom. The molecule has 0 atom stereocenters. The van der Waals surface area contributed by atoms with Crippen LogP contribution in [0.1, 0.15) is 6.92 Å². The summed E-state index contributed by atoms with van der Waals surface area (Å²) in [5.41, 5.74) is 1.94. The van der Waals surface area contributed by atoms with Crippen LogP contribution in [0.5, 0.6) is 5.75 Å². The molecule has 0 spiro atoms. The van der Waals surface area contributed by atoms with Crippen LogP contribution in [-0.2, 0) is 4.79 Å². The quantitative estimate of drug-likeness (QED) is 0.795. The van der Waals surface area contributed by atoms with Crippen molar-refractivity contribution in [2.45, 2.75) is 6.92 Å². The van der Waals surface area contributed by atoms with Crippen molar-refractivity contribution in [3.8, 4) is 5.75 Å². The standard InChI is InChI=1S/C13H9Cl2NO2/c1-7-4-9(17)2-3-12(7)16-8-5-10(14)13(18)11(15)6-8/h2-6,18H,1H3. The zero-order chi connectivity index (χ0) is 13.3. The molecule has 1 aromatic carbocycles. The molecule has 0 radical (unpaired) electrons. The van der Waals surface area contributed by atoms with Gasteiger partial charge < -0.3 is 5.11 Å². The number of ketones is 1. The van der Waals surface area contributed by atoms with Gasteiger partial charge in [-0.15, -0.1) is 0 Å². The van der Waals surface area contributed by atoms with Gasteiger partial charge >= 0.3 is 0 Å². The van der Waals surface area contributed by atoms with Crippen LogP contribution in [0.3, 0.4) is 0 Å². The molecule has 3 nitrogen and oxygen atoms in total. The lowest BCUT2D eigenvalue weighted by molar-refractivity contribution is -0.110. The molecular formula is C13H9Cl2NO2. The lowest BCUT2D eigenvalue weighted by Crippen LogP contribution is -2.04. The number of nitrogens with zero attached hydrogens (tertiary/aromatic N) is 1. The Balaban J connectivity index is 2.43. The van der Waals surface area contributed by atoms with E-state index in [0.717, 1.165) is 5.57 Å². The maximum Gasteiger partial charge on any atom is 0.179 e. The number of phenols is 1. The van der Waals surface area contributed by atoms with Crippen LogP contribution in [0.15, 0.2) is 40.9 Å². The fraction of sp³-hybridized carbons (Fsp3) is 0.0769. The molecule has 5 heteroatoms. The number of carbonyl (C=O) groups excluding carboxylic acids is 1. The zero-order valence-electron chi connectivity index (χ0n) is 9.45. The Morgan fingerprint density at radius 3 is 2.33 bits per heavy atom. The molecule has 0 aliphatic heterocycles. The molecule has 0 fully saturated rings. The van der Waals surface area contributed by atoms with Crippen LogP contribution < -0.4 is 0 Å². The third kappa shape index (κ3) is 2.63. The molecular weight excluding hydrogens is 273 g/mol. The van der Waals surface area contributed by atoms with E-state index in [2.05, 4.69) is 4.99 Å². The van der Waals surface area contributed by atoms with Crippen LogP contribution in [0.2, 0.25) is 10.0 Å². The monoisotopic (exact) mass is 281 g/mol. The first kappa shape index (κ1) is 12.9. The normalized spacial score (nSPS) is 17.2. The summed E-state index contributed by atoms with van der Waals surface area (Å²) in [6.07, 6.45) is 4.57. The lowest BCUT2D eigenvalue weighted by atomic mass is 10.0. The number of benzene rings is 1. The van der Waals surface area contributed by atoms with E-state index >= 15 is 0 Å². The highest BCUT2D eigenvalue weighted by molar-refractivity contribution is 6.37. The average Bonchev–Trinajstić information content (AvgIpc) is 2.29. The molecule has 2 rings (SSSR count). The van der Waals surface area contributed by atoms with Crippen molar-refractivity contribution in [1.82, 2.24) is 0 Å². The summed E-state index contributed by atoms with van der Waals surface area (Å²) in [6.45, 7) is 1.80. The molecule has 0 unspecified atom stereocenters. The van der Waals surface area contributed by atoms with Crippen molar-refractivity contribution >= 4 is 40.4 Å². The van der Waals surface area contributed by atoms with Gasteiger partial charge in [-0.2, -0.15) is 0 Å². The van der Waals surface area contributed by atoms with E-state index in [1.165, 1.54) is 24.3 Å². The highest BCUT2D eigenvalue weighted by atomic mass is 35.5. The first-order chi connectivity index (χ1) is 8.47. The van der Waals surface area contributed by atoms with Crippen molar-refractivity contribution in [1.29, 1.82) is 0 Å². The number of halogens is 2. The summed E-state index contributed by atoms with van der Waals surface area (Å²) in [4.78, 5) is 15.5. The molecule has 1 aliphatic carbocycles. The van der Waals surface area contributed by atoms with Gasteiger partial charge in [-0.05, 0) is 42.9 Å². The third-order valence-electron chi connectivity index (χ3n) is 2.42. The molecule has 1 N–H and O–H groups in total. The second-order valence-corrected chi connectivity index (χ2v) is 4.63. The Morgan fingerprint density at radius 2 is 1.78 bits per heavy atom. The Hall–Kier alpha value is -1.58. The van der Waals surface area contributed by atoms with Crippen LogP contribution in [0.4, 0.5) is 5.69 Å². The summed E-state index contributed by atoms with van der Waals surface area (Å²) in [5.74, 6) is -0.225. The van der Waals surface area contributed by atoms with Crippen molar-refractivity contribution in [3.63, 3.8) is 0 Å². The number of aromatic hydroxyl groups is 1. The fourth-order valence-electron chi connectivity index (χ4n) is 1.51. The molecule has 92 valence electrons. The molecule has 1 aliphatic rings. The summed E-state index contributed by atoms with van der Waals surface area (Å²) in [5, 5.41) is 9.72. The molecule has 18 heavy (non-hydrogen) atoms. The van der Waals surface area contributed by atoms with Crippen LogP contribution in [0.25, 0.3) is 0 Å². The van der Waals surface area contributed by atoms with Gasteiger partial charge in [0.2, 0.25) is 0 Å². The van der Waals surface area contributed by atoms with Gasteiger partial charge in [0.1, 0.15) is 0 Å². The van der Waals surface area contributed by atoms with Crippen LogP contribution >= 0.6 is 23.2 Å². The van der Waals surface area contributed by atoms with Gasteiger partial charge in [0.05, 0.1) is 21.4 Å². The van der Waals surface area contributed by atoms with Crippen molar-refractivity contribution < 1.29 is 9.90 Å². The number of allylic oxidation sites excluding steroid dienone is 4. The largest absolute Gasteiger partial charge is 0.505 e. The molecule has 0 heterocycles. The van der Waals surface area contributed by atoms with E-state index in [0.29, 0.717) is 11.4 Å². The van der Waals surface area contributed by atoms with Gasteiger partial charge in [0.25, 0.3) is 0 Å². The Bertz CT molecular complexity index is 592. The molecule has 1 aromatic rings. The number of carbonyl (C=O) groups is 1. The summed E-state index contributed by atoms with van der Waals surface area (Å²) in [7, 11) is 0. The van der Waals surface area contributed by atoms with Crippen molar-refractivity contribution in [3.05, 3.63) is 46.0 Å². The second-order valence-electron chi connectivity index (χ2n) is 3.82. The van der Waals surface area contributed by atoms with Crippen molar-refractivity contribution in [2.24, 2.45) is 4.99 Å². The molecule has 0 saturated carbocycles. The summed E-state index contributed by atoms with van der Waals surface area (Å²) in [6, 6.07) is 3.01. The number of rotatable bonds is 1. The Kier molecular flexibility index (Phi) is 3.55. The van der Waals surface area contributed by atoms with E-state index in [1.807, 2.05) is 0 Å². The van der Waals surface area contributed by atoms with Gasteiger partial charge in [-0.1, -0.05) is 23.2 Å². The first-order valence-electron chi connectivity index (χ1n) is 5.15. The molecule has 0 aromatic heterocycles. The number of phenolic OH excluding ortho intramolecular Hbond substituents is 1. The fourth-order valence-corrected chi connectivity index (χ4v) is 1.98. The number of hydrogen-bond acceptors (Lipinski definition) is 3. The average molecular weight is 282 g/mol. The van der Waals surface area contributed by atoms with Gasteiger partial charge in [0.15, 0.2) is 11.5 Å². The van der Waals surface area contributed by atoms with Gasteiger partial charge in [0, 0.05) is 0 Å². The highest BCUT2D eigenvalue weighted by Crippen LogP contribution is 2.36. The van der Waals surface area contributed by atoms with E-state index in [4.69, 9.17) is 23.2 Å². The number of aliphatic imine (C=N–C) groups is 1. The summed E-state index contributed by atoms with van der Waals surface area (Å²) < 4.78 is 0.